The van der Waals surface area contributed by atoms with E-state index in [4.69, 9.17) is 0 Å². The van der Waals surface area contributed by atoms with Crippen LogP contribution in [0.5, 0.6) is 0 Å². The molecule has 17 heavy (non-hydrogen) atoms. The lowest BCUT2D eigenvalue weighted by molar-refractivity contribution is 0.194. The molecule has 1 aliphatic heterocycles. The number of piperidine rings is 1. The molecule has 0 amide bonds. The van der Waals surface area contributed by atoms with Crippen LogP contribution in [-0.2, 0) is 0 Å². The third-order valence-electron chi connectivity index (χ3n) is 3.38. The number of nitrogens with one attached hydrogen (secondary N) is 1. The van der Waals surface area contributed by atoms with Gasteiger partial charge in [-0.3, -0.25) is 0 Å². The highest BCUT2D eigenvalue weighted by atomic mass is 79.9. The number of hydrogen-bond donors (Lipinski definition) is 1. The fourth-order valence-corrected chi connectivity index (χ4v) is 3.01. The zero-order valence-electron chi connectivity index (χ0n) is 10.0. The van der Waals surface area contributed by atoms with Crippen molar-refractivity contribution in [2.45, 2.75) is 25.3 Å². The van der Waals surface area contributed by atoms with E-state index < -0.39 is 0 Å². The molecule has 94 valence electrons. The van der Waals surface area contributed by atoms with Crippen molar-refractivity contribution >= 4 is 37.5 Å². The molecule has 1 unspecified atom stereocenters. The summed E-state index contributed by atoms with van der Waals surface area (Å²) in [6, 6.07) is 6.89. The van der Waals surface area contributed by atoms with Gasteiger partial charge in [0.2, 0.25) is 0 Å². The van der Waals surface area contributed by atoms with Gasteiger partial charge >= 0.3 is 0 Å². The fraction of sp³-hybridized carbons (Fsp3) is 0.538. The van der Waals surface area contributed by atoms with Crippen molar-refractivity contribution in [2.75, 3.05) is 25.5 Å². The molecule has 1 saturated heterocycles. The first-order valence-electron chi connectivity index (χ1n) is 6.06. The summed E-state index contributed by atoms with van der Waals surface area (Å²) < 4.78 is 2.24. The Balaban J connectivity index is 1.94. The third-order valence-corrected chi connectivity index (χ3v) is 4.56. The van der Waals surface area contributed by atoms with Gasteiger partial charge in [0, 0.05) is 27.2 Å². The normalized spacial score (nSPS) is 21.5. The van der Waals surface area contributed by atoms with Crippen molar-refractivity contribution in [3.8, 4) is 0 Å². The molecule has 0 spiro atoms. The third kappa shape index (κ3) is 3.70. The highest BCUT2D eigenvalue weighted by Gasteiger charge is 2.18. The number of nitrogens with zero attached hydrogens (tertiary/aromatic N) is 1. The second-order valence-electron chi connectivity index (χ2n) is 4.64. The molecule has 0 radical (unpaired) electrons. The van der Waals surface area contributed by atoms with E-state index in [1.54, 1.807) is 0 Å². The van der Waals surface area contributed by atoms with E-state index in [2.05, 4.69) is 61.3 Å². The van der Waals surface area contributed by atoms with Gasteiger partial charge < -0.3 is 10.2 Å². The van der Waals surface area contributed by atoms with Gasteiger partial charge in [0.05, 0.1) is 0 Å². The maximum absolute atomic E-state index is 3.57. The lowest BCUT2D eigenvalue weighted by Gasteiger charge is -2.32. The molecule has 4 heteroatoms. The van der Waals surface area contributed by atoms with Crippen molar-refractivity contribution in [3.63, 3.8) is 0 Å². The summed E-state index contributed by atoms with van der Waals surface area (Å²) in [4.78, 5) is 2.46. The van der Waals surface area contributed by atoms with Gasteiger partial charge in [-0.2, -0.15) is 0 Å². The number of likely N-dealkylation sites (tertiary alicyclic amines) is 1. The Hall–Kier alpha value is -0.0600. The number of likely N-dealkylation sites (N-methyl/N-ethyl adjacent to an activating group) is 1. The van der Waals surface area contributed by atoms with E-state index >= 15 is 0 Å². The highest BCUT2D eigenvalue weighted by Crippen LogP contribution is 2.26. The molecule has 2 nitrogen and oxygen atoms in total. The van der Waals surface area contributed by atoms with Crippen LogP contribution in [0, 0.1) is 0 Å². The fourth-order valence-electron chi connectivity index (χ4n) is 2.26. The number of anilines is 1. The zero-order valence-corrected chi connectivity index (χ0v) is 13.2. The van der Waals surface area contributed by atoms with E-state index in [1.165, 1.54) is 31.5 Å². The average Bonchev–Trinajstić information content (AvgIpc) is 2.32. The minimum Gasteiger partial charge on any atom is -0.383 e. The van der Waals surface area contributed by atoms with Gasteiger partial charge in [0.1, 0.15) is 0 Å². The second-order valence-corrected chi connectivity index (χ2v) is 6.41. The molecule has 2 rings (SSSR count). The monoisotopic (exact) mass is 360 g/mol. The molecule has 1 aromatic rings. The number of halogens is 2. The number of benzene rings is 1. The van der Waals surface area contributed by atoms with Crippen LogP contribution in [0.15, 0.2) is 27.1 Å². The molecule has 0 bridgehead atoms. The first-order chi connectivity index (χ1) is 8.16. The molecule has 1 aliphatic rings. The average molecular weight is 362 g/mol. The van der Waals surface area contributed by atoms with Gasteiger partial charge in [0.25, 0.3) is 0 Å². The van der Waals surface area contributed by atoms with E-state index in [1.807, 2.05) is 6.07 Å². The van der Waals surface area contributed by atoms with Crippen LogP contribution < -0.4 is 5.32 Å². The summed E-state index contributed by atoms with van der Waals surface area (Å²) in [6.07, 6.45) is 4.00. The zero-order chi connectivity index (χ0) is 12.3. The standard InChI is InChI=1S/C13H18Br2N2/c1-17-7-3-2-4-11(17)9-16-13-8-10(14)5-6-12(13)15/h5-6,8,11,16H,2-4,7,9H2,1H3. The quantitative estimate of drug-likeness (QED) is 0.871. The Bertz CT molecular complexity index is 382. The maximum atomic E-state index is 3.57. The van der Waals surface area contributed by atoms with Crippen molar-refractivity contribution in [1.29, 1.82) is 0 Å². The molecular formula is C13H18Br2N2. The summed E-state index contributed by atoms with van der Waals surface area (Å²) in [6.45, 7) is 2.25. The molecule has 1 heterocycles. The van der Waals surface area contributed by atoms with Crippen molar-refractivity contribution < 1.29 is 0 Å². The smallest absolute Gasteiger partial charge is 0.0496 e. The summed E-state index contributed by atoms with van der Waals surface area (Å²) in [5, 5.41) is 3.54. The van der Waals surface area contributed by atoms with Crippen LogP contribution in [0.3, 0.4) is 0 Å². The molecule has 0 saturated carbocycles. The van der Waals surface area contributed by atoms with Crippen molar-refractivity contribution in [1.82, 2.24) is 4.90 Å². The first kappa shape index (κ1) is 13.4. The number of hydrogen-bond acceptors (Lipinski definition) is 2. The van der Waals surface area contributed by atoms with Gasteiger partial charge in [-0.15, -0.1) is 0 Å². The largest absolute Gasteiger partial charge is 0.383 e. The number of rotatable bonds is 3. The minimum atomic E-state index is 0.662. The van der Waals surface area contributed by atoms with Gasteiger partial charge in [-0.05, 0) is 60.6 Å². The first-order valence-corrected chi connectivity index (χ1v) is 7.64. The van der Waals surface area contributed by atoms with Gasteiger partial charge in [-0.1, -0.05) is 22.4 Å². The Morgan fingerprint density at radius 3 is 2.94 bits per heavy atom. The van der Waals surface area contributed by atoms with Crippen LogP contribution in [-0.4, -0.2) is 31.1 Å². The lowest BCUT2D eigenvalue weighted by Crippen LogP contribution is -2.40. The second kappa shape index (κ2) is 6.21. The minimum absolute atomic E-state index is 0.662. The molecule has 1 atom stereocenters. The topological polar surface area (TPSA) is 15.3 Å². The van der Waals surface area contributed by atoms with Crippen LogP contribution in [0.4, 0.5) is 5.69 Å². The molecule has 0 aliphatic carbocycles. The Morgan fingerprint density at radius 1 is 1.35 bits per heavy atom. The van der Waals surface area contributed by atoms with Crippen molar-refractivity contribution in [2.24, 2.45) is 0 Å². The highest BCUT2D eigenvalue weighted by molar-refractivity contribution is 9.11. The lowest BCUT2D eigenvalue weighted by atomic mass is 10.0. The predicted octanol–water partition coefficient (Wildman–Crippen LogP) is 4.11. The molecule has 1 aromatic carbocycles. The Labute approximate surface area is 120 Å². The maximum Gasteiger partial charge on any atom is 0.0496 e. The van der Waals surface area contributed by atoms with E-state index in [0.717, 1.165) is 15.5 Å². The molecule has 1 N–H and O–H groups in total. The molecular weight excluding hydrogens is 344 g/mol. The predicted molar refractivity (Wildman–Crippen MR) is 80.6 cm³/mol. The Morgan fingerprint density at radius 2 is 2.18 bits per heavy atom. The summed E-state index contributed by atoms with van der Waals surface area (Å²) >= 11 is 7.08. The van der Waals surface area contributed by atoms with Gasteiger partial charge in [0.15, 0.2) is 0 Å². The van der Waals surface area contributed by atoms with Crippen LogP contribution in [0.2, 0.25) is 0 Å². The van der Waals surface area contributed by atoms with Gasteiger partial charge in [-0.25, -0.2) is 0 Å². The SMILES string of the molecule is CN1CCCCC1CNc1cc(Br)ccc1Br. The van der Waals surface area contributed by atoms with E-state index in [-0.39, 0.29) is 0 Å². The summed E-state index contributed by atoms with van der Waals surface area (Å²) in [7, 11) is 2.22. The summed E-state index contributed by atoms with van der Waals surface area (Å²) in [5.41, 5.74) is 1.17. The summed E-state index contributed by atoms with van der Waals surface area (Å²) in [5.74, 6) is 0. The van der Waals surface area contributed by atoms with Crippen LogP contribution in [0.25, 0.3) is 0 Å². The van der Waals surface area contributed by atoms with E-state index in [0.29, 0.717) is 6.04 Å². The van der Waals surface area contributed by atoms with E-state index in [9.17, 15) is 0 Å². The van der Waals surface area contributed by atoms with Crippen LogP contribution >= 0.6 is 31.9 Å². The Kier molecular flexibility index (Phi) is 4.88. The molecule has 0 aromatic heterocycles. The van der Waals surface area contributed by atoms with Crippen molar-refractivity contribution in [3.05, 3.63) is 27.1 Å². The molecule has 1 fully saturated rings. The van der Waals surface area contributed by atoms with Crippen LogP contribution in [0.1, 0.15) is 19.3 Å².